The predicted octanol–water partition coefficient (Wildman–Crippen LogP) is 4.22. The third-order valence-corrected chi connectivity index (χ3v) is 4.30. The predicted molar refractivity (Wildman–Crippen MR) is 95.0 cm³/mol. The fourth-order valence-electron chi connectivity index (χ4n) is 2.25. The Morgan fingerprint density at radius 3 is 2.44 bits per heavy atom. The molecule has 1 N–H and O–H groups in total. The number of aromatic nitrogens is 1. The van der Waals surface area contributed by atoms with Gasteiger partial charge >= 0.3 is 0 Å². The number of carbonyl (C=O) groups excluding carboxylic acids is 1. The number of nitrogens with one attached hydrogen (secondary N) is 1. The highest BCUT2D eigenvalue weighted by atomic mass is 32.1. The zero-order valence-corrected chi connectivity index (χ0v) is 14.4. The molecule has 0 saturated carbocycles. The minimum Gasteiger partial charge on any atom is -0.493 e. The normalized spacial score (nSPS) is 10.4. The lowest BCUT2D eigenvalue weighted by Crippen LogP contribution is -2.10. The molecule has 0 spiro atoms. The van der Waals surface area contributed by atoms with E-state index in [9.17, 15) is 9.18 Å². The fourth-order valence-corrected chi connectivity index (χ4v) is 2.90. The Kier molecular flexibility index (Phi) is 4.95. The Labute approximate surface area is 148 Å². The molecule has 0 aliphatic carbocycles. The first kappa shape index (κ1) is 16.9. The highest BCUT2D eigenvalue weighted by Gasteiger charge is 2.13. The molecule has 7 heteroatoms. The number of hydrogen-bond donors (Lipinski definition) is 1. The van der Waals surface area contributed by atoms with Crippen LogP contribution in [0.4, 0.5) is 10.1 Å². The first-order valence-electron chi connectivity index (χ1n) is 7.36. The van der Waals surface area contributed by atoms with Crippen LogP contribution in [0.5, 0.6) is 11.5 Å². The van der Waals surface area contributed by atoms with Gasteiger partial charge in [-0.25, -0.2) is 4.39 Å². The van der Waals surface area contributed by atoms with Crippen LogP contribution in [0.15, 0.2) is 48.5 Å². The Balaban J connectivity index is 1.77. The molecule has 25 heavy (non-hydrogen) atoms. The zero-order valence-electron chi connectivity index (χ0n) is 13.6. The second-order valence-corrected chi connectivity index (χ2v) is 5.91. The monoisotopic (exact) mass is 358 g/mol. The van der Waals surface area contributed by atoms with Crippen LogP contribution in [0.1, 0.15) is 9.67 Å². The molecule has 0 aliphatic rings. The van der Waals surface area contributed by atoms with Gasteiger partial charge in [0.15, 0.2) is 11.5 Å². The van der Waals surface area contributed by atoms with Crippen molar-refractivity contribution in [1.82, 2.24) is 4.37 Å². The number of rotatable bonds is 5. The summed E-state index contributed by atoms with van der Waals surface area (Å²) >= 11 is 1.08. The van der Waals surface area contributed by atoms with Crippen molar-refractivity contribution in [1.29, 1.82) is 0 Å². The summed E-state index contributed by atoms with van der Waals surface area (Å²) in [7, 11) is 3.08. The molecular formula is C18H15FN2O3S. The van der Waals surface area contributed by atoms with Gasteiger partial charge in [-0.15, -0.1) is 0 Å². The molecule has 1 aromatic heterocycles. The van der Waals surface area contributed by atoms with Crippen LogP contribution < -0.4 is 14.8 Å². The minimum atomic E-state index is -0.314. The van der Waals surface area contributed by atoms with Gasteiger partial charge in [0.25, 0.3) is 5.91 Å². The lowest BCUT2D eigenvalue weighted by Gasteiger charge is -2.09. The number of methoxy groups -OCH3 is 2. The van der Waals surface area contributed by atoms with Crippen molar-refractivity contribution in [2.75, 3.05) is 19.5 Å². The van der Waals surface area contributed by atoms with Crippen molar-refractivity contribution in [3.8, 4) is 22.8 Å². The van der Waals surface area contributed by atoms with Gasteiger partial charge in [-0.2, -0.15) is 4.37 Å². The smallest absolute Gasteiger partial charge is 0.267 e. The molecule has 0 aliphatic heterocycles. The van der Waals surface area contributed by atoms with Crippen LogP contribution >= 0.6 is 11.5 Å². The number of anilines is 1. The number of benzene rings is 2. The maximum Gasteiger partial charge on any atom is 0.267 e. The quantitative estimate of drug-likeness (QED) is 0.742. The van der Waals surface area contributed by atoms with E-state index in [-0.39, 0.29) is 11.7 Å². The van der Waals surface area contributed by atoms with Crippen molar-refractivity contribution in [2.24, 2.45) is 0 Å². The van der Waals surface area contributed by atoms with Crippen LogP contribution in [0.2, 0.25) is 0 Å². The van der Waals surface area contributed by atoms with Crippen LogP contribution in [-0.4, -0.2) is 24.5 Å². The molecule has 2 aromatic carbocycles. The largest absolute Gasteiger partial charge is 0.493 e. The van der Waals surface area contributed by atoms with Crippen molar-refractivity contribution >= 4 is 23.1 Å². The van der Waals surface area contributed by atoms with Crippen LogP contribution in [0.25, 0.3) is 11.3 Å². The van der Waals surface area contributed by atoms with Gasteiger partial charge in [-0.1, -0.05) is 0 Å². The summed E-state index contributed by atoms with van der Waals surface area (Å²) in [5, 5.41) is 2.79. The summed E-state index contributed by atoms with van der Waals surface area (Å²) in [6, 6.07) is 12.8. The van der Waals surface area contributed by atoms with Crippen LogP contribution in [0, 0.1) is 5.82 Å². The van der Waals surface area contributed by atoms with E-state index in [4.69, 9.17) is 9.47 Å². The zero-order chi connectivity index (χ0) is 17.8. The molecule has 0 saturated heterocycles. The molecule has 0 atom stereocenters. The van der Waals surface area contributed by atoms with E-state index < -0.39 is 0 Å². The second kappa shape index (κ2) is 7.31. The summed E-state index contributed by atoms with van der Waals surface area (Å²) in [5.41, 5.74) is 1.96. The van der Waals surface area contributed by atoms with Gasteiger partial charge in [0.05, 0.1) is 19.9 Å². The van der Waals surface area contributed by atoms with Gasteiger partial charge in [-0.05, 0) is 54.0 Å². The van der Waals surface area contributed by atoms with Gasteiger partial charge < -0.3 is 14.8 Å². The van der Waals surface area contributed by atoms with Crippen LogP contribution in [-0.2, 0) is 0 Å². The van der Waals surface area contributed by atoms with Crippen molar-refractivity contribution in [3.63, 3.8) is 0 Å². The van der Waals surface area contributed by atoms with Crippen molar-refractivity contribution < 1.29 is 18.7 Å². The van der Waals surface area contributed by atoms with Gasteiger partial charge in [0, 0.05) is 17.3 Å². The molecule has 0 radical (unpaired) electrons. The van der Waals surface area contributed by atoms with E-state index in [0.29, 0.717) is 27.8 Å². The first-order chi connectivity index (χ1) is 12.1. The number of amides is 1. The van der Waals surface area contributed by atoms with Crippen molar-refractivity contribution in [2.45, 2.75) is 0 Å². The van der Waals surface area contributed by atoms with E-state index in [1.165, 1.54) is 19.2 Å². The first-order valence-corrected chi connectivity index (χ1v) is 8.14. The summed E-state index contributed by atoms with van der Waals surface area (Å²) in [4.78, 5) is 12.8. The van der Waals surface area contributed by atoms with Gasteiger partial charge in [0.1, 0.15) is 10.7 Å². The lowest BCUT2D eigenvalue weighted by molar-refractivity contribution is 0.103. The highest BCUT2D eigenvalue weighted by Crippen LogP contribution is 2.30. The standard InChI is InChI=1S/C18H15FN2O3S/c1-23-15-8-7-13(9-16(15)24-2)20-18(22)17-10-14(21-25-17)11-3-5-12(19)6-4-11/h3-10H,1-2H3,(H,20,22). The van der Waals surface area contributed by atoms with E-state index >= 15 is 0 Å². The molecule has 5 nitrogen and oxygen atoms in total. The van der Waals surface area contributed by atoms with E-state index in [2.05, 4.69) is 9.69 Å². The Morgan fingerprint density at radius 1 is 1.04 bits per heavy atom. The Bertz CT molecular complexity index is 894. The molecule has 128 valence electrons. The SMILES string of the molecule is COc1ccc(NC(=O)c2cc(-c3ccc(F)cc3)ns2)cc1OC. The Morgan fingerprint density at radius 2 is 1.76 bits per heavy atom. The van der Waals surface area contributed by atoms with E-state index in [0.717, 1.165) is 17.1 Å². The summed E-state index contributed by atoms with van der Waals surface area (Å²) in [5.74, 6) is 0.511. The van der Waals surface area contributed by atoms with Crippen LogP contribution in [0.3, 0.4) is 0 Å². The highest BCUT2D eigenvalue weighted by molar-refractivity contribution is 7.08. The van der Waals surface area contributed by atoms with Gasteiger partial charge in [-0.3, -0.25) is 4.79 Å². The maximum absolute atomic E-state index is 13.0. The summed E-state index contributed by atoms with van der Waals surface area (Å²) in [6.07, 6.45) is 0. The lowest BCUT2D eigenvalue weighted by atomic mass is 10.1. The number of halogens is 1. The third kappa shape index (κ3) is 3.77. The second-order valence-electron chi connectivity index (χ2n) is 5.11. The summed E-state index contributed by atoms with van der Waals surface area (Å²) in [6.45, 7) is 0. The van der Waals surface area contributed by atoms with Crippen molar-refractivity contribution in [3.05, 3.63) is 59.2 Å². The topological polar surface area (TPSA) is 60.5 Å². The molecule has 0 fully saturated rings. The average molecular weight is 358 g/mol. The molecule has 3 aromatic rings. The van der Waals surface area contributed by atoms with E-state index in [1.807, 2.05) is 0 Å². The molecule has 3 rings (SSSR count). The number of nitrogens with zero attached hydrogens (tertiary/aromatic N) is 1. The molecular weight excluding hydrogens is 343 g/mol. The fraction of sp³-hybridized carbons (Fsp3) is 0.111. The minimum absolute atomic E-state index is 0.280. The average Bonchev–Trinajstić information content (AvgIpc) is 3.12. The van der Waals surface area contributed by atoms with E-state index in [1.54, 1.807) is 43.5 Å². The number of hydrogen-bond acceptors (Lipinski definition) is 5. The Hall–Kier alpha value is -2.93. The molecule has 0 unspecified atom stereocenters. The summed E-state index contributed by atoms with van der Waals surface area (Å²) < 4.78 is 27.6. The molecule has 1 heterocycles. The van der Waals surface area contributed by atoms with Gasteiger partial charge in [0.2, 0.25) is 0 Å². The number of carbonyl (C=O) groups is 1. The maximum atomic E-state index is 13.0. The number of ether oxygens (including phenoxy) is 2. The third-order valence-electron chi connectivity index (χ3n) is 3.52. The molecule has 1 amide bonds. The molecule has 0 bridgehead atoms.